The summed E-state index contributed by atoms with van der Waals surface area (Å²) in [5.41, 5.74) is 3.68. The zero-order valence-corrected chi connectivity index (χ0v) is 15.3. The fourth-order valence-corrected chi connectivity index (χ4v) is 4.28. The minimum atomic E-state index is -0.255. The topological polar surface area (TPSA) is 34.9 Å². The SMILES string of the molecule is Cn1nc(/C=C/C2=C(Cl)C[C@@H]3CC[C@H](C2)C3=O)cc1-c1ccc(F)cc1. The number of aryl methyl sites for hydroxylation is 1. The molecule has 0 radical (unpaired) electrons. The van der Waals surface area contributed by atoms with Gasteiger partial charge in [-0.3, -0.25) is 9.48 Å². The van der Waals surface area contributed by atoms with Crippen molar-refractivity contribution in [3.63, 3.8) is 0 Å². The Labute approximate surface area is 157 Å². The third-order valence-electron chi connectivity index (χ3n) is 5.40. The first kappa shape index (κ1) is 17.2. The van der Waals surface area contributed by atoms with Gasteiger partial charge in [0.2, 0.25) is 0 Å². The summed E-state index contributed by atoms with van der Waals surface area (Å²) in [7, 11) is 1.87. The van der Waals surface area contributed by atoms with E-state index in [4.69, 9.17) is 11.6 Å². The summed E-state index contributed by atoms with van der Waals surface area (Å²) in [6.45, 7) is 0. The van der Waals surface area contributed by atoms with E-state index in [1.54, 1.807) is 16.8 Å². The summed E-state index contributed by atoms with van der Waals surface area (Å²) >= 11 is 6.47. The van der Waals surface area contributed by atoms with Crippen molar-refractivity contribution in [2.75, 3.05) is 0 Å². The van der Waals surface area contributed by atoms with Crippen molar-refractivity contribution in [3.05, 3.63) is 58.5 Å². The number of carbonyl (C=O) groups is 1. The number of rotatable bonds is 3. The molecule has 0 aliphatic heterocycles. The maximum Gasteiger partial charge on any atom is 0.139 e. The van der Waals surface area contributed by atoms with Crippen molar-refractivity contribution in [1.82, 2.24) is 9.78 Å². The van der Waals surface area contributed by atoms with E-state index < -0.39 is 0 Å². The van der Waals surface area contributed by atoms with Gasteiger partial charge in [-0.05, 0) is 73.2 Å². The molecule has 0 N–H and O–H groups in total. The molecule has 1 aromatic carbocycles. The van der Waals surface area contributed by atoms with Gasteiger partial charge >= 0.3 is 0 Å². The molecule has 1 heterocycles. The molecule has 1 saturated carbocycles. The molecule has 0 unspecified atom stereocenters. The number of hydrogen-bond donors (Lipinski definition) is 0. The van der Waals surface area contributed by atoms with Gasteiger partial charge in [-0.15, -0.1) is 0 Å². The first-order valence-electron chi connectivity index (χ1n) is 8.90. The second kappa shape index (κ2) is 6.84. The Morgan fingerprint density at radius 1 is 1.15 bits per heavy atom. The lowest BCUT2D eigenvalue weighted by Gasteiger charge is -2.09. The number of fused-ring (bicyclic) bond motifs is 2. The fourth-order valence-electron chi connectivity index (χ4n) is 3.96. The molecular formula is C21H20ClFN2O. The molecule has 2 aromatic rings. The van der Waals surface area contributed by atoms with Crippen LogP contribution in [-0.2, 0) is 11.8 Å². The normalized spacial score (nSPS) is 23.1. The summed E-state index contributed by atoms with van der Waals surface area (Å²) in [5.74, 6) is 0.352. The van der Waals surface area contributed by atoms with Gasteiger partial charge in [-0.2, -0.15) is 5.10 Å². The van der Waals surface area contributed by atoms with Gasteiger partial charge in [0, 0.05) is 23.9 Å². The van der Waals surface area contributed by atoms with Gasteiger partial charge in [-0.25, -0.2) is 4.39 Å². The van der Waals surface area contributed by atoms with Crippen LogP contribution in [0.5, 0.6) is 0 Å². The van der Waals surface area contributed by atoms with Crippen LogP contribution in [0.15, 0.2) is 47.0 Å². The van der Waals surface area contributed by atoms with E-state index in [1.165, 1.54) is 12.1 Å². The van der Waals surface area contributed by atoms with E-state index >= 15 is 0 Å². The maximum atomic E-state index is 13.1. The van der Waals surface area contributed by atoms with Gasteiger partial charge in [0.05, 0.1) is 11.4 Å². The lowest BCUT2D eigenvalue weighted by Crippen LogP contribution is -2.11. The third-order valence-corrected chi connectivity index (χ3v) is 5.80. The zero-order chi connectivity index (χ0) is 18.3. The number of allylic oxidation sites excluding steroid dienone is 3. The van der Waals surface area contributed by atoms with Crippen LogP contribution >= 0.6 is 11.6 Å². The first-order valence-corrected chi connectivity index (χ1v) is 9.28. The van der Waals surface area contributed by atoms with E-state index in [9.17, 15) is 9.18 Å². The summed E-state index contributed by atoms with van der Waals surface area (Å²) < 4.78 is 14.9. The van der Waals surface area contributed by atoms with Crippen LogP contribution in [0.25, 0.3) is 17.3 Å². The molecule has 26 heavy (non-hydrogen) atoms. The molecule has 2 aliphatic rings. The van der Waals surface area contributed by atoms with Crippen LogP contribution < -0.4 is 0 Å². The van der Waals surface area contributed by atoms with Gasteiger partial charge in [0.25, 0.3) is 0 Å². The molecule has 0 saturated heterocycles. The summed E-state index contributed by atoms with van der Waals surface area (Å²) in [5, 5.41) is 5.31. The minimum absolute atomic E-state index is 0.110. The second-order valence-corrected chi connectivity index (χ2v) is 7.59. The third kappa shape index (κ3) is 3.26. The van der Waals surface area contributed by atoms with E-state index in [1.807, 2.05) is 25.3 Å². The highest BCUT2D eigenvalue weighted by Crippen LogP contribution is 2.41. The minimum Gasteiger partial charge on any atom is -0.299 e. The molecular weight excluding hydrogens is 351 g/mol. The highest BCUT2D eigenvalue weighted by atomic mass is 35.5. The standard InChI is InChI=1S/C21H20ClFN2O/c1-25-20(13-4-7-17(23)8-5-13)12-18(24-25)9-6-14-10-15-2-3-16(21(15)26)11-19(14)22/h4-9,12,15-16H,2-3,10-11H2,1H3/b9-6+/t15-,16+/m1/s1. The van der Waals surface area contributed by atoms with Crippen molar-refractivity contribution < 1.29 is 9.18 Å². The molecule has 134 valence electrons. The average molecular weight is 371 g/mol. The summed E-state index contributed by atoms with van der Waals surface area (Å²) in [6, 6.07) is 8.34. The van der Waals surface area contributed by atoms with Crippen LogP contribution in [0.2, 0.25) is 0 Å². The monoisotopic (exact) mass is 370 g/mol. The molecule has 2 aliphatic carbocycles. The van der Waals surface area contributed by atoms with E-state index in [2.05, 4.69) is 5.10 Å². The van der Waals surface area contributed by atoms with Crippen molar-refractivity contribution >= 4 is 23.5 Å². The molecule has 1 aromatic heterocycles. The number of Topliss-reactive ketones (excluding diaryl/α,β-unsaturated/α-hetero) is 1. The number of hydrogen-bond acceptors (Lipinski definition) is 2. The molecule has 0 amide bonds. The number of aromatic nitrogens is 2. The zero-order valence-electron chi connectivity index (χ0n) is 14.6. The van der Waals surface area contributed by atoms with Crippen molar-refractivity contribution in [2.45, 2.75) is 25.7 Å². The predicted molar refractivity (Wildman–Crippen MR) is 101 cm³/mol. The number of nitrogens with zero attached hydrogens (tertiary/aromatic N) is 2. The molecule has 4 rings (SSSR count). The summed E-state index contributed by atoms with van der Waals surface area (Å²) in [4.78, 5) is 12.2. The van der Waals surface area contributed by atoms with Crippen molar-refractivity contribution in [1.29, 1.82) is 0 Å². The lowest BCUT2D eigenvalue weighted by molar-refractivity contribution is -0.123. The quantitative estimate of drug-likeness (QED) is 0.751. The largest absolute Gasteiger partial charge is 0.299 e. The first-order chi connectivity index (χ1) is 12.5. The van der Waals surface area contributed by atoms with Crippen LogP contribution in [0, 0.1) is 17.7 Å². The van der Waals surface area contributed by atoms with Crippen LogP contribution in [0.4, 0.5) is 4.39 Å². The molecule has 0 spiro atoms. The average Bonchev–Trinajstić information content (AvgIpc) is 3.11. The Hall–Kier alpha value is -2.20. The smallest absolute Gasteiger partial charge is 0.139 e. The van der Waals surface area contributed by atoms with Gasteiger partial charge in [0.1, 0.15) is 11.6 Å². The number of ketones is 1. The number of benzene rings is 1. The van der Waals surface area contributed by atoms with Crippen molar-refractivity contribution in [2.24, 2.45) is 18.9 Å². The fraction of sp³-hybridized carbons (Fsp3) is 0.333. The second-order valence-electron chi connectivity index (χ2n) is 7.13. The van der Waals surface area contributed by atoms with Gasteiger partial charge in [0.15, 0.2) is 0 Å². The Kier molecular flexibility index (Phi) is 4.53. The Balaban J connectivity index is 1.57. The molecule has 1 fully saturated rings. The van der Waals surface area contributed by atoms with Crippen LogP contribution in [0.1, 0.15) is 31.4 Å². The van der Waals surface area contributed by atoms with Crippen LogP contribution in [0.3, 0.4) is 0 Å². The van der Waals surface area contributed by atoms with E-state index in [0.717, 1.165) is 46.8 Å². The maximum absolute atomic E-state index is 13.1. The van der Waals surface area contributed by atoms with Gasteiger partial charge < -0.3 is 0 Å². The molecule has 2 atom stereocenters. The lowest BCUT2D eigenvalue weighted by atomic mass is 9.97. The predicted octanol–water partition coefficient (Wildman–Crippen LogP) is 5.12. The Morgan fingerprint density at radius 3 is 2.58 bits per heavy atom. The van der Waals surface area contributed by atoms with Gasteiger partial charge in [-0.1, -0.05) is 17.7 Å². The number of carbonyl (C=O) groups excluding carboxylic acids is 1. The molecule has 5 heteroatoms. The van der Waals surface area contributed by atoms with Crippen LogP contribution in [-0.4, -0.2) is 15.6 Å². The Morgan fingerprint density at radius 2 is 1.85 bits per heavy atom. The Bertz CT molecular complexity index is 911. The highest BCUT2D eigenvalue weighted by Gasteiger charge is 2.37. The summed E-state index contributed by atoms with van der Waals surface area (Å²) in [6.07, 6.45) is 7.27. The highest BCUT2D eigenvalue weighted by molar-refractivity contribution is 6.30. The van der Waals surface area contributed by atoms with E-state index in [-0.39, 0.29) is 17.7 Å². The molecule has 3 nitrogen and oxygen atoms in total. The van der Waals surface area contributed by atoms with Crippen molar-refractivity contribution in [3.8, 4) is 11.3 Å². The van der Waals surface area contributed by atoms with E-state index in [0.29, 0.717) is 12.2 Å². The number of halogens is 2. The molecule has 2 bridgehead atoms.